The molecule has 13 heavy (non-hydrogen) atoms. The topological polar surface area (TPSA) is 50.1 Å². The summed E-state index contributed by atoms with van der Waals surface area (Å²) in [5, 5.41) is 8.74. The third-order valence-corrected chi connectivity index (χ3v) is 2.13. The highest BCUT2D eigenvalue weighted by Crippen LogP contribution is 2.25. The second-order valence-electron chi connectivity index (χ2n) is 3.20. The van der Waals surface area contributed by atoms with Gasteiger partial charge in [0.1, 0.15) is 6.07 Å². The van der Waals surface area contributed by atoms with Crippen LogP contribution in [0.25, 0.3) is 0 Å². The second kappa shape index (κ2) is 4.66. The lowest BCUT2D eigenvalue weighted by molar-refractivity contribution is -0.136. The van der Waals surface area contributed by atoms with E-state index in [4.69, 9.17) is 10.00 Å². The lowest BCUT2D eigenvalue weighted by atomic mass is 9.94. The number of nitriles is 1. The van der Waals surface area contributed by atoms with Gasteiger partial charge in [-0.25, -0.2) is 0 Å². The van der Waals surface area contributed by atoms with Crippen LogP contribution in [0.5, 0.6) is 0 Å². The van der Waals surface area contributed by atoms with Crippen molar-refractivity contribution in [1.29, 1.82) is 5.26 Å². The van der Waals surface area contributed by atoms with Crippen LogP contribution in [-0.4, -0.2) is 5.97 Å². The molecule has 1 saturated carbocycles. The Hall–Kier alpha value is -1.30. The third kappa shape index (κ3) is 2.90. The van der Waals surface area contributed by atoms with Crippen LogP contribution >= 0.6 is 0 Å². The van der Waals surface area contributed by atoms with Gasteiger partial charge in [0.25, 0.3) is 0 Å². The number of esters is 1. The molecule has 70 valence electrons. The Balaban J connectivity index is 2.71. The minimum Gasteiger partial charge on any atom is -0.415 e. The van der Waals surface area contributed by atoms with Crippen LogP contribution in [0.3, 0.4) is 0 Å². The van der Waals surface area contributed by atoms with Gasteiger partial charge < -0.3 is 4.74 Å². The van der Waals surface area contributed by atoms with Crippen molar-refractivity contribution in [2.45, 2.75) is 39.0 Å². The number of ether oxygens (including phenoxy) is 1. The molecule has 0 aromatic heterocycles. The van der Waals surface area contributed by atoms with Gasteiger partial charge >= 0.3 is 5.97 Å². The standard InChI is InChI=1S/C10H13NO2/c1-8(12)13-10(7-11)9-5-3-2-4-6-9/h2-6H2,1H3. The van der Waals surface area contributed by atoms with E-state index in [9.17, 15) is 4.79 Å². The average molecular weight is 179 g/mol. The molecule has 0 N–H and O–H groups in total. The van der Waals surface area contributed by atoms with Crippen molar-refractivity contribution in [3.8, 4) is 6.07 Å². The molecule has 0 bridgehead atoms. The number of carbonyl (C=O) groups is 1. The van der Waals surface area contributed by atoms with Crippen molar-refractivity contribution in [3.63, 3.8) is 0 Å². The molecule has 1 aliphatic rings. The minimum atomic E-state index is -0.408. The number of nitrogens with zero attached hydrogens (tertiary/aromatic N) is 1. The summed E-state index contributed by atoms with van der Waals surface area (Å²) in [7, 11) is 0. The molecule has 0 heterocycles. The van der Waals surface area contributed by atoms with E-state index in [1.165, 1.54) is 13.3 Å². The smallest absolute Gasteiger partial charge is 0.308 e. The average Bonchev–Trinajstić information content (AvgIpc) is 2.15. The number of allylic oxidation sites excluding steroid dienone is 2. The predicted molar refractivity (Wildman–Crippen MR) is 47.5 cm³/mol. The molecule has 1 rings (SSSR count). The van der Waals surface area contributed by atoms with Crippen molar-refractivity contribution in [1.82, 2.24) is 0 Å². The number of rotatable bonds is 1. The summed E-state index contributed by atoms with van der Waals surface area (Å²) in [6.45, 7) is 1.32. The Bertz CT molecular complexity index is 265. The Morgan fingerprint density at radius 2 is 2.00 bits per heavy atom. The SMILES string of the molecule is CC(=O)OC(C#N)=C1CCCCC1. The molecule has 0 amide bonds. The Labute approximate surface area is 78.0 Å². The fourth-order valence-electron chi connectivity index (χ4n) is 1.52. The van der Waals surface area contributed by atoms with E-state index in [2.05, 4.69) is 0 Å². The molecule has 0 unspecified atom stereocenters. The van der Waals surface area contributed by atoms with E-state index in [0.717, 1.165) is 31.3 Å². The fraction of sp³-hybridized carbons (Fsp3) is 0.600. The highest BCUT2D eigenvalue weighted by Gasteiger charge is 2.13. The van der Waals surface area contributed by atoms with E-state index in [1.54, 1.807) is 0 Å². The molecule has 1 aliphatic carbocycles. The quantitative estimate of drug-likeness (QED) is 0.352. The summed E-state index contributed by atoms with van der Waals surface area (Å²) in [6, 6.07) is 1.94. The molecule has 0 atom stereocenters. The van der Waals surface area contributed by atoms with Gasteiger partial charge in [-0.1, -0.05) is 6.42 Å². The molecule has 0 radical (unpaired) electrons. The third-order valence-electron chi connectivity index (χ3n) is 2.13. The lowest BCUT2D eigenvalue weighted by Crippen LogP contribution is -2.04. The molecule has 0 spiro atoms. The zero-order valence-corrected chi connectivity index (χ0v) is 7.80. The molecular weight excluding hydrogens is 166 g/mol. The first kappa shape index (κ1) is 9.79. The highest BCUT2D eigenvalue weighted by molar-refractivity contribution is 5.68. The molecule has 3 nitrogen and oxygen atoms in total. The van der Waals surface area contributed by atoms with Gasteiger partial charge in [0.15, 0.2) is 0 Å². The first-order valence-electron chi connectivity index (χ1n) is 4.54. The van der Waals surface area contributed by atoms with E-state index in [-0.39, 0.29) is 5.76 Å². The largest absolute Gasteiger partial charge is 0.415 e. The summed E-state index contributed by atoms with van der Waals surface area (Å²) in [4.78, 5) is 10.6. The van der Waals surface area contributed by atoms with E-state index in [0.29, 0.717) is 0 Å². The van der Waals surface area contributed by atoms with Crippen LogP contribution in [0.2, 0.25) is 0 Å². The van der Waals surface area contributed by atoms with Crippen LogP contribution in [0, 0.1) is 11.3 Å². The Morgan fingerprint density at radius 3 is 2.46 bits per heavy atom. The summed E-state index contributed by atoms with van der Waals surface area (Å²) < 4.78 is 4.82. The van der Waals surface area contributed by atoms with Crippen LogP contribution in [0.1, 0.15) is 39.0 Å². The van der Waals surface area contributed by atoms with Gasteiger partial charge in [-0.3, -0.25) is 4.79 Å². The molecule has 0 aliphatic heterocycles. The number of hydrogen-bond acceptors (Lipinski definition) is 3. The van der Waals surface area contributed by atoms with Gasteiger partial charge in [0, 0.05) is 6.92 Å². The van der Waals surface area contributed by atoms with Crippen LogP contribution in [-0.2, 0) is 9.53 Å². The highest BCUT2D eigenvalue weighted by atomic mass is 16.5. The maximum atomic E-state index is 10.6. The molecule has 0 saturated heterocycles. The summed E-state index contributed by atoms with van der Waals surface area (Å²) in [5.74, 6) is -0.179. The summed E-state index contributed by atoms with van der Waals surface area (Å²) in [5.41, 5.74) is 1.00. The van der Waals surface area contributed by atoms with Gasteiger partial charge in [-0.15, -0.1) is 0 Å². The molecule has 1 fully saturated rings. The molecule has 0 aromatic carbocycles. The van der Waals surface area contributed by atoms with E-state index >= 15 is 0 Å². The van der Waals surface area contributed by atoms with Crippen LogP contribution < -0.4 is 0 Å². The molecule has 3 heteroatoms. The Morgan fingerprint density at radius 1 is 1.38 bits per heavy atom. The lowest BCUT2D eigenvalue weighted by Gasteiger charge is -2.14. The van der Waals surface area contributed by atoms with Crippen molar-refractivity contribution in [2.75, 3.05) is 0 Å². The molecular formula is C10H13NO2. The maximum Gasteiger partial charge on any atom is 0.308 e. The van der Waals surface area contributed by atoms with Gasteiger partial charge in [-0.05, 0) is 31.3 Å². The first-order valence-corrected chi connectivity index (χ1v) is 4.54. The number of carbonyl (C=O) groups excluding carboxylic acids is 1. The van der Waals surface area contributed by atoms with Crippen molar-refractivity contribution in [2.24, 2.45) is 0 Å². The fourth-order valence-corrected chi connectivity index (χ4v) is 1.52. The van der Waals surface area contributed by atoms with Gasteiger partial charge in [-0.2, -0.15) is 5.26 Å². The summed E-state index contributed by atoms with van der Waals surface area (Å²) >= 11 is 0. The number of hydrogen-bond donors (Lipinski definition) is 0. The zero-order valence-electron chi connectivity index (χ0n) is 7.80. The molecule has 0 aromatic rings. The van der Waals surface area contributed by atoms with Crippen molar-refractivity contribution < 1.29 is 9.53 Å². The Kier molecular flexibility index (Phi) is 3.51. The van der Waals surface area contributed by atoms with Crippen LogP contribution in [0.15, 0.2) is 11.3 Å². The van der Waals surface area contributed by atoms with Gasteiger partial charge in [0.05, 0.1) is 0 Å². The van der Waals surface area contributed by atoms with Gasteiger partial charge in [0.2, 0.25) is 5.76 Å². The maximum absolute atomic E-state index is 10.6. The minimum absolute atomic E-state index is 0.229. The second-order valence-corrected chi connectivity index (χ2v) is 3.20. The first-order chi connectivity index (χ1) is 6.24. The van der Waals surface area contributed by atoms with E-state index in [1.807, 2.05) is 6.07 Å². The van der Waals surface area contributed by atoms with Crippen molar-refractivity contribution >= 4 is 5.97 Å². The zero-order chi connectivity index (χ0) is 9.68. The normalized spacial score (nSPS) is 16.2. The monoisotopic (exact) mass is 179 g/mol. The predicted octanol–water partition coefficient (Wildman–Crippen LogP) is 2.29. The van der Waals surface area contributed by atoms with E-state index < -0.39 is 5.97 Å². The summed E-state index contributed by atoms with van der Waals surface area (Å²) in [6.07, 6.45) is 5.21. The van der Waals surface area contributed by atoms with Crippen molar-refractivity contribution in [3.05, 3.63) is 11.3 Å². The van der Waals surface area contributed by atoms with Crippen LogP contribution in [0.4, 0.5) is 0 Å².